The molecule has 0 fully saturated rings. The zero-order chi connectivity index (χ0) is 13.7. The molecule has 102 valence electrons. The van der Waals surface area contributed by atoms with Crippen molar-refractivity contribution in [1.29, 1.82) is 0 Å². The topological polar surface area (TPSA) is 38.5 Å². The number of hydrogen-bond acceptors (Lipinski definition) is 3. The summed E-state index contributed by atoms with van der Waals surface area (Å²) in [7, 11) is 1.71. The second-order valence-corrected chi connectivity index (χ2v) is 5.18. The minimum absolute atomic E-state index is 0.0435. The number of nitrogens with zero attached hydrogens (tertiary/aromatic N) is 1. The highest BCUT2D eigenvalue weighted by Crippen LogP contribution is 2.27. The summed E-state index contributed by atoms with van der Waals surface area (Å²) >= 11 is 6.27. The number of benzene rings is 1. The number of ether oxygens (including phenoxy) is 1. The van der Waals surface area contributed by atoms with E-state index in [-0.39, 0.29) is 6.04 Å². The molecule has 1 atom stereocenters. The van der Waals surface area contributed by atoms with Gasteiger partial charge in [-0.05, 0) is 38.5 Å². The van der Waals surface area contributed by atoms with E-state index in [0.29, 0.717) is 12.6 Å². The summed E-state index contributed by atoms with van der Waals surface area (Å²) in [6.45, 7) is 7.80. The molecule has 1 rings (SSSR count). The van der Waals surface area contributed by atoms with Crippen LogP contribution in [0.3, 0.4) is 0 Å². The quantitative estimate of drug-likeness (QED) is 0.863. The number of anilines is 1. The number of halogens is 1. The van der Waals surface area contributed by atoms with Gasteiger partial charge in [0, 0.05) is 36.4 Å². The fourth-order valence-electron chi connectivity index (χ4n) is 1.94. The van der Waals surface area contributed by atoms with Crippen molar-refractivity contribution < 1.29 is 4.74 Å². The Hall–Kier alpha value is -0.770. The van der Waals surface area contributed by atoms with Gasteiger partial charge in [-0.25, -0.2) is 0 Å². The zero-order valence-corrected chi connectivity index (χ0v) is 12.4. The molecule has 1 aromatic carbocycles. The first-order chi connectivity index (χ1) is 8.47. The molecule has 0 bridgehead atoms. The Morgan fingerprint density at radius 2 is 2.00 bits per heavy atom. The maximum Gasteiger partial charge on any atom is 0.0637 e. The molecule has 0 heterocycles. The van der Waals surface area contributed by atoms with Crippen LogP contribution in [0.2, 0.25) is 5.02 Å². The van der Waals surface area contributed by atoms with Crippen LogP contribution >= 0.6 is 11.6 Å². The van der Waals surface area contributed by atoms with Crippen molar-refractivity contribution in [2.75, 3.05) is 25.2 Å². The van der Waals surface area contributed by atoms with E-state index in [0.717, 1.165) is 22.8 Å². The average Bonchev–Trinajstić information content (AvgIpc) is 2.28. The SMILES string of the molecule is COCCN(c1ccc(C(C)N)c(Cl)c1)C(C)C. The van der Waals surface area contributed by atoms with E-state index < -0.39 is 0 Å². The third-order valence-electron chi connectivity index (χ3n) is 2.97. The molecule has 18 heavy (non-hydrogen) atoms. The van der Waals surface area contributed by atoms with E-state index in [4.69, 9.17) is 22.1 Å². The maximum atomic E-state index is 6.27. The first kappa shape index (κ1) is 15.3. The monoisotopic (exact) mass is 270 g/mol. The maximum absolute atomic E-state index is 6.27. The molecular formula is C14H23ClN2O. The molecule has 0 radical (unpaired) electrons. The molecule has 3 nitrogen and oxygen atoms in total. The van der Waals surface area contributed by atoms with Gasteiger partial charge in [0.1, 0.15) is 0 Å². The minimum atomic E-state index is -0.0435. The summed E-state index contributed by atoms with van der Waals surface area (Å²) in [6.07, 6.45) is 0. The molecule has 4 heteroatoms. The van der Waals surface area contributed by atoms with Crippen molar-refractivity contribution in [2.24, 2.45) is 5.73 Å². The lowest BCUT2D eigenvalue weighted by Crippen LogP contribution is -2.33. The second-order valence-electron chi connectivity index (χ2n) is 4.77. The Morgan fingerprint density at radius 1 is 1.33 bits per heavy atom. The van der Waals surface area contributed by atoms with Crippen LogP contribution in [0.25, 0.3) is 0 Å². The Balaban J connectivity index is 2.95. The van der Waals surface area contributed by atoms with Crippen LogP contribution in [0.4, 0.5) is 5.69 Å². The molecule has 0 saturated heterocycles. The molecule has 0 amide bonds. The molecule has 0 aromatic heterocycles. The van der Waals surface area contributed by atoms with Crippen LogP contribution in [0.15, 0.2) is 18.2 Å². The van der Waals surface area contributed by atoms with Gasteiger partial charge in [0.2, 0.25) is 0 Å². The first-order valence-electron chi connectivity index (χ1n) is 6.28. The van der Waals surface area contributed by atoms with E-state index in [1.807, 2.05) is 19.1 Å². The Bertz CT molecular complexity index is 380. The number of nitrogens with two attached hydrogens (primary N) is 1. The van der Waals surface area contributed by atoms with Crippen LogP contribution in [0.1, 0.15) is 32.4 Å². The van der Waals surface area contributed by atoms with Gasteiger partial charge in [0.25, 0.3) is 0 Å². The smallest absolute Gasteiger partial charge is 0.0637 e. The largest absolute Gasteiger partial charge is 0.383 e. The molecule has 0 aliphatic rings. The number of rotatable bonds is 6. The highest BCUT2D eigenvalue weighted by atomic mass is 35.5. The summed E-state index contributed by atoms with van der Waals surface area (Å²) < 4.78 is 5.14. The van der Waals surface area contributed by atoms with Crippen molar-refractivity contribution in [3.8, 4) is 0 Å². The summed E-state index contributed by atoms with van der Waals surface area (Å²) in [5, 5.41) is 0.727. The van der Waals surface area contributed by atoms with Crippen LogP contribution in [-0.2, 0) is 4.74 Å². The summed E-state index contributed by atoms with van der Waals surface area (Å²) in [4.78, 5) is 2.26. The van der Waals surface area contributed by atoms with E-state index in [2.05, 4.69) is 24.8 Å². The molecule has 1 unspecified atom stereocenters. The normalized spacial score (nSPS) is 12.8. The van der Waals surface area contributed by atoms with Gasteiger partial charge in [0.15, 0.2) is 0 Å². The van der Waals surface area contributed by atoms with Gasteiger partial charge >= 0.3 is 0 Å². The Kier molecular flexibility index (Phi) is 5.93. The van der Waals surface area contributed by atoms with Crippen molar-refractivity contribution >= 4 is 17.3 Å². The van der Waals surface area contributed by atoms with Crippen LogP contribution in [-0.4, -0.2) is 26.3 Å². The third-order valence-corrected chi connectivity index (χ3v) is 3.29. The van der Waals surface area contributed by atoms with Crippen molar-refractivity contribution in [3.05, 3.63) is 28.8 Å². The van der Waals surface area contributed by atoms with Gasteiger partial charge in [-0.3, -0.25) is 0 Å². The summed E-state index contributed by atoms with van der Waals surface area (Å²) in [5.41, 5.74) is 7.95. The van der Waals surface area contributed by atoms with Crippen molar-refractivity contribution in [3.63, 3.8) is 0 Å². The van der Waals surface area contributed by atoms with E-state index in [9.17, 15) is 0 Å². The molecule has 2 N–H and O–H groups in total. The summed E-state index contributed by atoms with van der Waals surface area (Å²) in [5.74, 6) is 0. The van der Waals surface area contributed by atoms with Crippen LogP contribution in [0.5, 0.6) is 0 Å². The average molecular weight is 271 g/mol. The van der Waals surface area contributed by atoms with E-state index in [1.54, 1.807) is 7.11 Å². The van der Waals surface area contributed by atoms with Gasteiger partial charge in [-0.15, -0.1) is 0 Å². The predicted molar refractivity (Wildman–Crippen MR) is 78.4 cm³/mol. The predicted octanol–water partition coefficient (Wildman–Crippen LogP) is 3.22. The van der Waals surface area contributed by atoms with Crippen LogP contribution < -0.4 is 10.6 Å². The van der Waals surface area contributed by atoms with E-state index in [1.165, 1.54) is 0 Å². The first-order valence-corrected chi connectivity index (χ1v) is 6.65. The molecular weight excluding hydrogens is 248 g/mol. The molecule has 0 saturated carbocycles. The highest BCUT2D eigenvalue weighted by Gasteiger charge is 2.13. The fraction of sp³-hybridized carbons (Fsp3) is 0.571. The molecule has 0 aliphatic heterocycles. The van der Waals surface area contributed by atoms with E-state index >= 15 is 0 Å². The minimum Gasteiger partial charge on any atom is -0.383 e. The number of hydrogen-bond donors (Lipinski definition) is 1. The summed E-state index contributed by atoms with van der Waals surface area (Å²) in [6, 6.07) is 6.41. The molecule has 0 spiro atoms. The molecule has 0 aliphatic carbocycles. The second kappa shape index (κ2) is 6.98. The van der Waals surface area contributed by atoms with Crippen molar-refractivity contribution in [2.45, 2.75) is 32.9 Å². The standard InChI is InChI=1S/C14H23ClN2O/c1-10(2)17(7-8-18-4)12-5-6-13(11(3)16)14(15)9-12/h5-6,9-11H,7-8,16H2,1-4H3. The van der Waals surface area contributed by atoms with Gasteiger partial charge in [-0.2, -0.15) is 0 Å². The Labute approximate surface area is 115 Å². The van der Waals surface area contributed by atoms with Gasteiger partial charge < -0.3 is 15.4 Å². The lowest BCUT2D eigenvalue weighted by molar-refractivity contribution is 0.204. The number of methoxy groups -OCH3 is 1. The van der Waals surface area contributed by atoms with Crippen LogP contribution in [0, 0.1) is 0 Å². The van der Waals surface area contributed by atoms with Gasteiger partial charge in [0.05, 0.1) is 6.61 Å². The Morgan fingerprint density at radius 3 is 2.44 bits per heavy atom. The lowest BCUT2D eigenvalue weighted by atomic mass is 10.1. The molecule has 1 aromatic rings. The third kappa shape index (κ3) is 3.87. The zero-order valence-electron chi connectivity index (χ0n) is 11.6. The highest BCUT2D eigenvalue weighted by molar-refractivity contribution is 6.31. The fourth-order valence-corrected chi connectivity index (χ4v) is 2.29. The lowest BCUT2D eigenvalue weighted by Gasteiger charge is -2.29. The van der Waals surface area contributed by atoms with Crippen molar-refractivity contribution in [1.82, 2.24) is 0 Å². The van der Waals surface area contributed by atoms with Gasteiger partial charge in [-0.1, -0.05) is 17.7 Å².